The molecule has 0 atom stereocenters. The number of hydrogen-bond acceptors (Lipinski definition) is 3. The lowest BCUT2D eigenvalue weighted by Crippen LogP contribution is -2.41. The average molecular weight is 313 g/mol. The lowest BCUT2D eigenvalue weighted by Gasteiger charge is -2.35. The SMILES string of the molecule is CN1CCC(N(C)Cc2cccc(Br)c2O)CC1. The Morgan fingerprint density at radius 3 is 2.72 bits per heavy atom. The van der Waals surface area contributed by atoms with Crippen LogP contribution in [-0.2, 0) is 6.54 Å². The zero-order valence-corrected chi connectivity index (χ0v) is 12.7. The molecule has 0 amide bonds. The number of hydrogen-bond donors (Lipinski definition) is 1. The molecule has 0 spiro atoms. The van der Waals surface area contributed by atoms with Gasteiger partial charge in [0.1, 0.15) is 5.75 Å². The van der Waals surface area contributed by atoms with Crippen molar-refractivity contribution in [3.05, 3.63) is 28.2 Å². The Morgan fingerprint density at radius 1 is 1.39 bits per heavy atom. The first kappa shape index (κ1) is 13.8. The van der Waals surface area contributed by atoms with Crippen molar-refractivity contribution < 1.29 is 5.11 Å². The molecule has 4 heteroatoms. The lowest BCUT2D eigenvalue weighted by atomic mass is 10.0. The average Bonchev–Trinajstić information content (AvgIpc) is 2.36. The van der Waals surface area contributed by atoms with Crippen LogP contribution in [0.4, 0.5) is 0 Å². The third-order valence-corrected chi connectivity index (χ3v) is 4.44. The van der Waals surface area contributed by atoms with Gasteiger partial charge in [-0.25, -0.2) is 0 Å². The number of benzene rings is 1. The van der Waals surface area contributed by atoms with Gasteiger partial charge in [0.25, 0.3) is 0 Å². The van der Waals surface area contributed by atoms with Crippen LogP contribution < -0.4 is 0 Å². The van der Waals surface area contributed by atoms with Crippen LogP contribution in [0.25, 0.3) is 0 Å². The maximum absolute atomic E-state index is 10.0. The molecule has 18 heavy (non-hydrogen) atoms. The van der Waals surface area contributed by atoms with Gasteiger partial charge < -0.3 is 10.0 Å². The number of phenolic OH excluding ortho intramolecular Hbond substituents is 1. The van der Waals surface area contributed by atoms with Crippen LogP contribution in [0.2, 0.25) is 0 Å². The number of rotatable bonds is 3. The van der Waals surface area contributed by atoms with E-state index in [1.54, 1.807) is 0 Å². The van der Waals surface area contributed by atoms with Crippen LogP contribution in [0, 0.1) is 0 Å². The van der Waals surface area contributed by atoms with Crippen molar-refractivity contribution in [3.63, 3.8) is 0 Å². The maximum Gasteiger partial charge on any atom is 0.134 e. The highest BCUT2D eigenvalue weighted by atomic mass is 79.9. The topological polar surface area (TPSA) is 26.7 Å². The molecule has 0 aromatic heterocycles. The number of aromatic hydroxyl groups is 1. The number of piperidine rings is 1. The first-order chi connectivity index (χ1) is 8.58. The Balaban J connectivity index is 1.98. The Hall–Kier alpha value is -0.580. The van der Waals surface area contributed by atoms with Gasteiger partial charge in [-0.3, -0.25) is 4.90 Å². The van der Waals surface area contributed by atoms with Crippen molar-refractivity contribution in [1.29, 1.82) is 0 Å². The molecular formula is C14H21BrN2O. The summed E-state index contributed by atoms with van der Waals surface area (Å²) in [4.78, 5) is 4.73. The molecule has 100 valence electrons. The molecule has 1 fully saturated rings. The second kappa shape index (κ2) is 6.04. The van der Waals surface area contributed by atoms with Crippen molar-refractivity contribution >= 4 is 15.9 Å². The molecule has 1 aliphatic heterocycles. The number of halogens is 1. The highest BCUT2D eigenvalue weighted by molar-refractivity contribution is 9.10. The van der Waals surface area contributed by atoms with Crippen molar-refractivity contribution in [2.75, 3.05) is 27.2 Å². The zero-order valence-electron chi connectivity index (χ0n) is 11.1. The zero-order chi connectivity index (χ0) is 13.1. The summed E-state index contributed by atoms with van der Waals surface area (Å²) in [5.41, 5.74) is 0.991. The molecule has 0 unspecified atom stereocenters. The van der Waals surface area contributed by atoms with Crippen LogP contribution >= 0.6 is 15.9 Å². The minimum Gasteiger partial charge on any atom is -0.506 e. The summed E-state index contributed by atoms with van der Waals surface area (Å²) < 4.78 is 0.775. The third kappa shape index (κ3) is 3.25. The van der Waals surface area contributed by atoms with E-state index < -0.39 is 0 Å². The summed E-state index contributed by atoms with van der Waals surface area (Å²) in [6, 6.07) is 6.46. The summed E-state index contributed by atoms with van der Waals surface area (Å²) in [7, 11) is 4.33. The van der Waals surface area contributed by atoms with Gasteiger partial charge in [0.2, 0.25) is 0 Å². The van der Waals surface area contributed by atoms with E-state index in [0.29, 0.717) is 11.8 Å². The van der Waals surface area contributed by atoms with Crippen LogP contribution in [0.3, 0.4) is 0 Å². The van der Waals surface area contributed by atoms with Crippen LogP contribution in [0.5, 0.6) is 5.75 Å². The maximum atomic E-state index is 10.0. The molecule has 3 nitrogen and oxygen atoms in total. The molecule has 2 rings (SSSR count). The lowest BCUT2D eigenvalue weighted by molar-refractivity contribution is 0.138. The minimum absolute atomic E-state index is 0.372. The normalized spacial score (nSPS) is 18.4. The molecular weight excluding hydrogens is 292 g/mol. The van der Waals surface area contributed by atoms with E-state index in [2.05, 4.69) is 39.8 Å². The van der Waals surface area contributed by atoms with E-state index in [1.807, 2.05) is 18.2 Å². The molecule has 1 aliphatic rings. The smallest absolute Gasteiger partial charge is 0.134 e. The standard InChI is InChI=1S/C14H21BrN2O/c1-16-8-6-12(7-9-16)17(2)10-11-4-3-5-13(15)14(11)18/h3-5,12,18H,6-10H2,1-2H3. The quantitative estimate of drug-likeness (QED) is 0.929. The predicted octanol–water partition coefficient (Wildman–Crippen LogP) is 2.68. The monoisotopic (exact) mass is 312 g/mol. The first-order valence-corrected chi connectivity index (χ1v) is 7.22. The molecule has 1 saturated heterocycles. The van der Waals surface area contributed by atoms with Gasteiger partial charge >= 0.3 is 0 Å². The number of likely N-dealkylation sites (tertiary alicyclic amines) is 1. The first-order valence-electron chi connectivity index (χ1n) is 6.43. The largest absolute Gasteiger partial charge is 0.506 e. The summed E-state index contributed by atoms with van der Waals surface area (Å²) in [5.74, 6) is 0.372. The summed E-state index contributed by atoms with van der Waals surface area (Å²) >= 11 is 3.36. The second-order valence-electron chi connectivity index (χ2n) is 5.20. The summed E-state index contributed by atoms with van der Waals surface area (Å²) in [6.45, 7) is 3.14. The number of para-hydroxylation sites is 1. The fourth-order valence-electron chi connectivity index (χ4n) is 2.52. The van der Waals surface area contributed by atoms with Crippen LogP contribution in [0.1, 0.15) is 18.4 Å². The molecule has 1 aromatic carbocycles. The Kier molecular flexibility index (Phi) is 4.65. The van der Waals surface area contributed by atoms with Gasteiger partial charge in [0.05, 0.1) is 4.47 Å². The fraction of sp³-hybridized carbons (Fsp3) is 0.571. The Bertz CT molecular complexity index is 403. The number of phenols is 1. The van der Waals surface area contributed by atoms with Crippen LogP contribution in [0.15, 0.2) is 22.7 Å². The van der Waals surface area contributed by atoms with Gasteiger partial charge in [-0.2, -0.15) is 0 Å². The van der Waals surface area contributed by atoms with Crippen LogP contribution in [-0.4, -0.2) is 48.1 Å². The van der Waals surface area contributed by atoms with Gasteiger partial charge in [-0.05, 0) is 62.0 Å². The summed E-state index contributed by atoms with van der Waals surface area (Å²) in [6.07, 6.45) is 2.42. The summed E-state index contributed by atoms with van der Waals surface area (Å²) in [5, 5.41) is 10.0. The Morgan fingerprint density at radius 2 is 2.06 bits per heavy atom. The van der Waals surface area contributed by atoms with Crippen molar-refractivity contribution in [2.45, 2.75) is 25.4 Å². The highest BCUT2D eigenvalue weighted by Gasteiger charge is 2.21. The minimum atomic E-state index is 0.372. The highest BCUT2D eigenvalue weighted by Crippen LogP contribution is 2.29. The van der Waals surface area contributed by atoms with Crippen molar-refractivity contribution in [3.8, 4) is 5.75 Å². The molecule has 0 radical (unpaired) electrons. The molecule has 0 bridgehead atoms. The van der Waals surface area contributed by atoms with E-state index >= 15 is 0 Å². The Labute approximate surface area is 118 Å². The van der Waals surface area contributed by atoms with Gasteiger partial charge in [-0.15, -0.1) is 0 Å². The third-order valence-electron chi connectivity index (χ3n) is 3.80. The van der Waals surface area contributed by atoms with Gasteiger partial charge in [0.15, 0.2) is 0 Å². The van der Waals surface area contributed by atoms with Gasteiger partial charge in [-0.1, -0.05) is 12.1 Å². The van der Waals surface area contributed by atoms with Crippen molar-refractivity contribution in [2.24, 2.45) is 0 Å². The molecule has 1 aromatic rings. The fourth-order valence-corrected chi connectivity index (χ4v) is 2.93. The van der Waals surface area contributed by atoms with E-state index in [0.717, 1.165) is 16.6 Å². The molecule has 0 saturated carbocycles. The van der Waals surface area contributed by atoms with E-state index in [-0.39, 0.29) is 0 Å². The van der Waals surface area contributed by atoms with Gasteiger partial charge in [0, 0.05) is 18.2 Å². The second-order valence-corrected chi connectivity index (χ2v) is 6.05. The van der Waals surface area contributed by atoms with E-state index in [1.165, 1.54) is 25.9 Å². The van der Waals surface area contributed by atoms with E-state index in [9.17, 15) is 5.11 Å². The van der Waals surface area contributed by atoms with E-state index in [4.69, 9.17) is 0 Å². The number of nitrogens with zero attached hydrogens (tertiary/aromatic N) is 2. The molecule has 1 heterocycles. The van der Waals surface area contributed by atoms with Crippen molar-refractivity contribution in [1.82, 2.24) is 9.80 Å². The molecule has 1 N–H and O–H groups in total. The predicted molar refractivity (Wildman–Crippen MR) is 77.8 cm³/mol. The molecule has 0 aliphatic carbocycles.